The molecule has 0 amide bonds. The van der Waals surface area contributed by atoms with Gasteiger partial charge in [0.1, 0.15) is 17.2 Å². The maximum atomic E-state index is 6.95. The lowest BCUT2D eigenvalue weighted by Crippen LogP contribution is -2.25. The molecule has 0 atom stereocenters. The van der Waals surface area contributed by atoms with Gasteiger partial charge in [-0.3, -0.25) is 0 Å². The van der Waals surface area contributed by atoms with Crippen LogP contribution in [0.15, 0.2) is 152 Å². The Hall–Kier alpha value is -7.06. The van der Waals surface area contributed by atoms with Gasteiger partial charge in [0.05, 0.1) is 31.2 Å². The summed E-state index contributed by atoms with van der Waals surface area (Å²) in [5.41, 5.74) is 21.9. The maximum absolute atomic E-state index is 6.95. The third-order valence-electron chi connectivity index (χ3n) is 20.9. The van der Waals surface area contributed by atoms with Crippen molar-refractivity contribution in [3.8, 4) is 59.7 Å². The minimum atomic E-state index is 0.0395. The molecule has 9 aromatic rings. The fourth-order valence-corrected chi connectivity index (χ4v) is 17.8. The molecule has 0 radical (unpaired) electrons. The summed E-state index contributed by atoms with van der Waals surface area (Å²) >= 11 is 4.06. The van der Waals surface area contributed by atoms with Gasteiger partial charge < -0.3 is 24.0 Å². The van der Waals surface area contributed by atoms with Crippen molar-refractivity contribution in [3.63, 3.8) is 0 Å². The highest BCUT2D eigenvalue weighted by molar-refractivity contribution is 7.24. The Balaban J connectivity index is 1.07. The van der Waals surface area contributed by atoms with Crippen molar-refractivity contribution in [1.29, 1.82) is 0 Å². The summed E-state index contributed by atoms with van der Waals surface area (Å²) in [5.74, 6) is 2.65. The van der Waals surface area contributed by atoms with Crippen molar-refractivity contribution in [2.24, 2.45) is 0 Å². The van der Waals surface area contributed by atoms with Gasteiger partial charge in [0, 0.05) is 53.7 Å². The number of fused-ring (bicyclic) bond motifs is 3. The van der Waals surface area contributed by atoms with Crippen molar-refractivity contribution in [2.45, 2.75) is 261 Å². The second kappa shape index (κ2) is 38.3. The van der Waals surface area contributed by atoms with Gasteiger partial charge in [0.2, 0.25) is 0 Å². The molecule has 2 heterocycles. The lowest BCUT2D eigenvalue weighted by molar-refractivity contribution is 0.290. The van der Waals surface area contributed by atoms with Gasteiger partial charge in [-0.2, -0.15) is 0 Å². The monoisotopic (exact) mass is 1380 g/mol. The number of thiophene rings is 2. The Morgan fingerprint density at radius 2 is 0.690 bits per heavy atom. The first-order chi connectivity index (χ1) is 48.9. The maximum Gasteiger partial charge on any atom is 0.146 e. The average Bonchev–Trinajstić information content (AvgIpc) is 1.55. The molecule has 532 valence electrons. The van der Waals surface area contributed by atoms with Crippen LogP contribution in [0.1, 0.15) is 258 Å². The molecular weight excluding hydrogens is 1260 g/mol. The van der Waals surface area contributed by atoms with Gasteiger partial charge in [-0.05, 0) is 220 Å². The molecule has 0 bridgehead atoms. The number of anilines is 6. The van der Waals surface area contributed by atoms with E-state index in [-0.39, 0.29) is 5.41 Å². The number of nitrogens with zero attached hydrogens (tertiary/aromatic N) is 2. The molecule has 0 aliphatic heterocycles. The Labute approximate surface area is 613 Å². The van der Waals surface area contributed by atoms with Crippen molar-refractivity contribution in [1.82, 2.24) is 0 Å². The van der Waals surface area contributed by atoms with E-state index in [1.54, 1.807) is 11.1 Å². The lowest BCUT2D eigenvalue weighted by atomic mass is 9.71. The Kier molecular flexibility index (Phi) is 28.9. The zero-order chi connectivity index (χ0) is 70.2. The SMILES string of the molecule is CCCCCCCCOc1ccc(N(c2ccc(-c3cc(-c4ccc(N(c5ccc(C)cc5C)c5ccc(C)cc5OCCCCCCCC)cc4)cc(-c4cc5c(s4)-c4sc(C)cc4C5(CCCCCC)CCCCCC)c3)cc2)c2ccc(C)cc2C)c(OCCCCCCCC)c1. The summed E-state index contributed by atoms with van der Waals surface area (Å²) in [6, 6.07) is 58.4. The van der Waals surface area contributed by atoms with Crippen LogP contribution in [0.2, 0.25) is 0 Å². The number of unbranched alkanes of at least 4 members (excludes halogenated alkanes) is 21. The molecule has 0 saturated heterocycles. The van der Waals surface area contributed by atoms with Crippen LogP contribution in [-0.4, -0.2) is 19.8 Å². The van der Waals surface area contributed by atoms with Crippen molar-refractivity contribution in [3.05, 3.63) is 195 Å². The molecule has 2 aromatic heterocycles. The molecule has 100 heavy (non-hydrogen) atoms. The van der Waals surface area contributed by atoms with E-state index in [2.05, 4.69) is 238 Å². The van der Waals surface area contributed by atoms with E-state index in [1.807, 2.05) is 22.7 Å². The summed E-state index contributed by atoms with van der Waals surface area (Å²) in [4.78, 5) is 10.7. The highest BCUT2D eigenvalue weighted by Gasteiger charge is 2.45. The first-order valence-corrected chi connectivity index (χ1v) is 41.0. The zero-order valence-electron chi connectivity index (χ0n) is 63.3. The van der Waals surface area contributed by atoms with E-state index in [1.165, 1.54) is 236 Å². The molecule has 7 heteroatoms. The number of hydrogen-bond donors (Lipinski definition) is 0. The second-order valence-corrected chi connectivity index (χ2v) is 31.6. The number of rotatable bonds is 43. The van der Waals surface area contributed by atoms with Crippen LogP contribution in [-0.2, 0) is 5.41 Å². The second-order valence-electron chi connectivity index (χ2n) is 29.2. The van der Waals surface area contributed by atoms with Gasteiger partial charge in [-0.25, -0.2) is 0 Å². The predicted molar refractivity (Wildman–Crippen MR) is 437 cm³/mol. The topological polar surface area (TPSA) is 34.2 Å². The summed E-state index contributed by atoms with van der Waals surface area (Å²) in [7, 11) is 0. The Bertz CT molecular complexity index is 3970. The molecular formula is C93H120N2O3S2. The van der Waals surface area contributed by atoms with Crippen LogP contribution in [0.25, 0.3) is 42.4 Å². The largest absolute Gasteiger partial charge is 0.493 e. The van der Waals surface area contributed by atoms with Crippen molar-refractivity contribution >= 4 is 56.8 Å². The Morgan fingerprint density at radius 3 is 1.16 bits per heavy atom. The number of aryl methyl sites for hydroxylation is 6. The third-order valence-corrected chi connectivity index (χ3v) is 23.3. The summed E-state index contributed by atoms with van der Waals surface area (Å²) < 4.78 is 20.3. The third kappa shape index (κ3) is 19.6. The standard InChI is InChI=1S/C93H120N2O3S2/c1-12-17-22-27-30-35-56-96-81-49-53-87(89(66-81)98-58-37-32-29-24-19-14-3)95(85-51-39-69(7)60-72(85)10)80-47-43-75(44-48-80)77-63-76(64-78(65-77)90-67-83-92(100-90)91-82(62-73(11)99-91)93(83,54-33-25-20-15-4)55-34-26-21-16-5)74-41-45-79(46-42-74)94(84-50-38-68(6)59-71(84)9)86-52-40-70(8)61-88(86)97-57-36-31-28-23-18-13-2/h38-53,59-67H,12-37,54-58H2,1-11H3. The number of hydrogen-bond acceptors (Lipinski definition) is 7. The van der Waals surface area contributed by atoms with E-state index in [0.29, 0.717) is 19.8 Å². The number of ether oxygens (including phenoxy) is 3. The molecule has 5 nitrogen and oxygen atoms in total. The van der Waals surface area contributed by atoms with Crippen LogP contribution < -0.4 is 24.0 Å². The number of benzene rings is 7. The molecule has 0 saturated carbocycles. The molecule has 1 aliphatic carbocycles. The van der Waals surface area contributed by atoms with E-state index in [0.717, 1.165) is 70.6 Å². The zero-order valence-corrected chi connectivity index (χ0v) is 64.9. The van der Waals surface area contributed by atoms with Crippen LogP contribution >= 0.6 is 22.7 Å². The first-order valence-electron chi connectivity index (χ1n) is 39.4. The van der Waals surface area contributed by atoms with Crippen LogP contribution in [0.4, 0.5) is 34.1 Å². The quantitative estimate of drug-likeness (QED) is 0.0356. The fourth-order valence-electron chi connectivity index (χ4n) is 15.3. The normalized spacial score (nSPS) is 12.3. The van der Waals surface area contributed by atoms with Gasteiger partial charge in [0.25, 0.3) is 0 Å². The van der Waals surface area contributed by atoms with E-state index in [9.17, 15) is 0 Å². The van der Waals surface area contributed by atoms with Gasteiger partial charge in [-0.1, -0.05) is 248 Å². The molecule has 7 aromatic carbocycles. The minimum Gasteiger partial charge on any atom is -0.493 e. The van der Waals surface area contributed by atoms with E-state index in [4.69, 9.17) is 14.2 Å². The summed E-state index contributed by atoms with van der Waals surface area (Å²) in [5, 5.41) is 0. The summed E-state index contributed by atoms with van der Waals surface area (Å²) in [6.07, 6.45) is 34.6. The minimum absolute atomic E-state index is 0.0395. The lowest BCUT2D eigenvalue weighted by Gasteiger charge is -2.31. The predicted octanol–water partition coefficient (Wildman–Crippen LogP) is 30.0. The molecule has 1 aliphatic rings. The molecule has 0 unspecified atom stereocenters. The van der Waals surface area contributed by atoms with Gasteiger partial charge >= 0.3 is 0 Å². The van der Waals surface area contributed by atoms with Gasteiger partial charge in [-0.15, -0.1) is 22.7 Å². The fraction of sp³-hybridized carbons (Fsp3) is 0.462. The van der Waals surface area contributed by atoms with Crippen LogP contribution in [0.3, 0.4) is 0 Å². The van der Waals surface area contributed by atoms with E-state index < -0.39 is 0 Å². The van der Waals surface area contributed by atoms with Crippen LogP contribution in [0.5, 0.6) is 17.2 Å². The highest BCUT2D eigenvalue weighted by Crippen LogP contribution is 2.61. The highest BCUT2D eigenvalue weighted by atomic mass is 32.1. The molecule has 0 fully saturated rings. The molecule has 10 rings (SSSR count). The average molecular weight is 1380 g/mol. The summed E-state index contributed by atoms with van der Waals surface area (Å²) in [6.45, 7) is 27.0. The van der Waals surface area contributed by atoms with Crippen LogP contribution in [0, 0.1) is 41.5 Å². The smallest absolute Gasteiger partial charge is 0.146 e. The van der Waals surface area contributed by atoms with E-state index >= 15 is 0 Å². The van der Waals surface area contributed by atoms with Gasteiger partial charge in [0.15, 0.2) is 0 Å². The molecule has 0 spiro atoms. The van der Waals surface area contributed by atoms with Crippen molar-refractivity contribution < 1.29 is 14.2 Å². The molecule has 0 N–H and O–H groups in total. The van der Waals surface area contributed by atoms with Crippen molar-refractivity contribution in [2.75, 3.05) is 29.6 Å². The Morgan fingerprint density at radius 1 is 0.310 bits per heavy atom. The first kappa shape index (κ1) is 75.6.